The first-order chi connectivity index (χ1) is 14.2. The predicted molar refractivity (Wildman–Crippen MR) is 163 cm³/mol. The van der Waals surface area contributed by atoms with E-state index in [4.69, 9.17) is 17.1 Å². The first kappa shape index (κ1) is 33.6. The van der Waals surface area contributed by atoms with Crippen LogP contribution in [0.3, 0.4) is 0 Å². The minimum absolute atomic E-state index is 0.00388. The fourth-order valence-electron chi connectivity index (χ4n) is 4.75. The molecule has 0 spiro atoms. The summed E-state index contributed by atoms with van der Waals surface area (Å²) in [7, 11) is -12.5. The Kier molecular flexibility index (Phi) is 11.5. The molecular formula is C21H54O5Si7. The SMILES string of the molecule is CCC([SiH3])OC(=O)C(=C([Si](C)(C)O[Si](C)(C)C)[Si](C)(C)O[Si](C)(C)C)[Si](C)(C)O[Si](C)(C)C. The van der Waals surface area contributed by atoms with Gasteiger partial charge < -0.3 is 17.1 Å². The molecule has 1 atom stereocenters. The lowest BCUT2D eigenvalue weighted by molar-refractivity contribution is -0.140. The van der Waals surface area contributed by atoms with Crippen molar-refractivity contribution in [3.8, 4) is 0 Å². The standard InChI is InChI=1S/C21H54O5Si7/c1-17-18(27)23-20(22)19(31(11,12)24-28(2,3)4)21(32(13,14)25-29(5,6)7)33(15,16)26-30(8,9)10/h18H,17H2,1-16,27H3. The number of carbonyl (C=O) groups is 1. The Balaban J connectivity index is 7.44. The summed E-state index contributed by atoms with van der Waals surface area (Å²) in [5.41, 5.74) is -0.00388. The summed E-state index contributed by atoms with van der Waals surface area (Å²) in [6.07, 6.45) is 0.843. The van der Waals surface area contributed by atoms with Gasteiger partial charge >= 0.3 is 5.97 Å². The molecule has 0 aliphatic rings. The molecule has 0 aromatic rings. The molecule has 0 N–H and O–H groups in total. The van der Waals surface area contributed by atoms with Gasteiger partial charge in [0, 0.05) is 5.20 Å². The van der Waals surface area contributed by atoms with Crippen molar-refractivity contribution in [1.82, 2.24) is 0 Å². The van der Waals surface area contributed by atoms with Gasteiger partial charge in [-0.15, -0.1) is 0 Å². The first-order valence-electron chi connectivity index (χ1n) is 12.3. The van der Waals surface area contributed by atoms with Crippen LogP contribution >= 0.6 is 0 Å². The molecule has 196 valence electrons. The number of carbonyl (C=O) groups excluding carboxylic acids is 1. The van der Waals surface area contributed by atoms with Gasteiger partial charge in [0.15, 0.2) is 41.6 Å². The van der Waals surface area contributed by atoms with E-state index in [1.54, 1.807) is 0 Å². The quantitative estimate of drug-likeness (QED) is 0.167. The highest BCUT2D eigenvalue weighted by atomic mass is 28.5. The van der Waals surface area contributed by atoms with Crippen molar-refractivity contribution in [2.75, 3.05) is 0 Å². The largest absolute Gasteiger partial charge is 0.464 e. The Bertz CT molecular complexity index is 684. The second-order valence-corrected chi connectivity index (χ2v) is 41.0. The third-order valence-electron chi connectivity index (χ3n) is 4.83. The molecule has 0 aromatic heterocycles. The minimum atomic E-state index is -2.62. The van der Waals surface area contributed by atoms with Gasteiger partial charge in [0.25, 0.3) is 0 Å². The third kappa shape index (κ3) is 11.9. The van der Waals surface area contributed by atoms with Crippen LogP contribution < -0.4 is 0 Å². The molecule has 0 saturated carbocycles. The van der Waals surface area contributed by atoms with E-state index in [1.165, 1.54) is 4.82 Å². The van der Waals surface area contributed by atoms with Gasteiger partial charge in [-0.1, -0.05) is 6.92 Å². The zero-order valence-electron chi connectivity index (χ0n) is 24.8. The zero-order chi connectivity index (χ0) is 26.8. The summed E-state index contributed by atoms with van der Waals surface area (Å²) < 4.78 is 26.8. The maximum atomic E-state index is 14.0. The number of esters is 1. The molecule has 0 bridgehead atoms. The summed E-state index contributed by atoms with van der Waals surface area (Å²) in [4.78, 5) is 15.2. The maximum absolute atomic E-state index is 14.0. The summed E-state index contributed by atoms with van der Waals surface area (Å²) in [6, 6.07) is 0. The van der Waals surface area contributed by atoms with Crippen molar-refractivity contribution < 1.29 is 21.9 Å². The normalized spacial score (nSPS) is 15.4. The molecule has 0 aliphatic heterocycles. The fourth-order valence-corrected chi connectivity index (χ4v) is 37.5. The highest BCUT2D eigenvalue weighted by Gasteiger charge is 2.52. The summed E-state index contributed by atoms with van der Waals surface area (Å²) in [5, 5.41) is 0.809. The lowest BCUT2D eigenvalue weighted by atomic mass is 10.5. The van der Waals surface area contributed by atoms with Crippen LogP contribution in [0.1, 0.15) is 13.3 Å². The van der Waals surface area contributed by atoms with Crippen LogP contribution in [0.2, 0.25) is 98.2 Å². The molecular weight excluding hydrogens is 529 g/mol. The van der Waals surface area contributed by atoms with Gasteiger partial charge in [0.05, 0.1) is 16.0 Å². The smallest absolute Gasteiger partial charge is 0.331 e. The predicted octanol–water partition coefficient (Wildman–Crippen LogP) is 5.72. The zero-order valence-corrected chi connectivity index (χ0v) is 32.8. The van der Waals surface area contributed by atoms with Crippen LogP contribution in [-0.4, -0.2) is 71.8 Å². The van der Waals surface area contributed by atoms with Gasteiger partial charge in [0.1, 0.15) is 0 Å². The minimum Gasteiger partial charge on any atom is -0.464 e. The van der Waals surface area contributed by atoms with E-state index in [-0.39, 0.29) is 11.7 Å². The van der Waals surface area contributed by atoms with Crippen molar-refractivity contribution in [3.63, 3.8) is 0 Å². The van der Waals surface area contributed by atoms with E-state index >= 15 is 0 Å². The van der Waals surface area contributed by atoms with Crippen LogP contribution in [0.5, 0.6) is 0 Å². The Hall–Kier alpha value is 0.608. The molecule has 0 heterocycles. The van der Waals surface area contributed by atoms with Crippen LogP contribution in [0, 0.1) is 0 Å². The Morgan fingerprint density at radius 2 is 0.939 bits per heavy atom. The average Bonchev–Trinajstić information content (AvgIpc) is 2.43. The van der Waals surface area contributed by atoms with Crippen molar-refractivity contribution in [2.24, 2.45) is 0 Å². The van der Waals surface area contributed by atoms with Crippen molar-refractivity contribution >= 4 is 66.1 Å². The fraction of sp³-hybridized carbons (Fsp3) is 0.857. The summed E-state index contributed by atoms with van der Waals surface area (Å²) in [5.74, 6) is -0.179. The van der Waals surface area contributed by atoms with Gasteiger partial charge in [-0.05, 0) is 109 Å². The molecule has 0 fully saturated rings. The lowest BCUT2D eigenvalue weighted by Crippen LogP contribution is -2.59. The van der Waals surface area contributed by atoms with Crippen LogP contribution in [0.4, 0.5) is 0 Å². The van der Waals surface area contributed by atoms with Gasteiger partial charge in [-0.2, -0.15) is 0 Å². The number of ether oxygens (including phenoxy) is 1. The van der Waals surface area contributed by atoms with Crippen molar-refractivity contribution in [2.45, 2.75) is 117 Å². The van der Waals surface area contributed by atoms with E-state index in [0.29, 0.717) is 0 Å². The lowest BCUT2D eigenvalue weighted by Gasteiger charge is -2.45. The Labute approximate surface area is 214 Å². The highest BCUT2D eigenvalue weighted by molar-refractivity contribution is 7.08. The molecule has 0 radical (unpaired) electrons. The molecule has 0 rings (SSSR count). The number of rotatable bonds is 12. The molecule has 5 nitrogen and oxygen atoms in total. The average molecular weight is 583 g/mol. The second-order valence-electron chi connectivity index (χ2n) is 13.5. The molecule has 0 saturated heterocycles. The summed E-state index contributed by atoms with van der Waals surface area (Å²) >= 11 is 0. The van der Waals surface area contributed by atoms with E-state index in [1.807, 2.05) is 0 Å². The van der Waals surface area contributed by atoms with Gasteiger partial charge in [-0.3, -0.25) is 0 Å². The van der Waals surface area contributed by atoms with Crippen LogP contribution in [0.25, 0.3) is 0 Å². The Morgan fingerprint density at radius 1 is 0.636 bits per heavy atom. The molecule has 0 aromatic carbocycles. The van der Waals surface area contributed by atoms with E-state index in [2.05, 4.69) is 105 Å². The van der Waals surface area contributed by atoms with Gasteiger partial charge in [-0.25, -0.2) is 4.79 Å². The first-order valence-corrected chi connectivity index (χ1v) is 32.4. The molecule has 0 aliphatic carbocycles. The van der Waals surface area contributed by atoms with Crippen LogP contribution in [0.15, 0.2) is 10.0 Å². The second kappa shape index (κ2) is 11.3. The number of hydrogen-bond donors (Lipinski definition) is 0. The van der Waals surface area contributed by atoms with Gasteiger partial charge in [0.2, 0.25) is 8.32 Å². The maximum Gasteiger partial charge on any atom is 0.331 e. The van der Waals surface area contributed by atoms with Crippen molar-refractivity contribution in [3.05, 3.63) is 10.0 Å². The van der Waals surface area contributed by atoms with E-state index in [0.717, 1.165) is 21.9 Å². The highest BCUT2D eigenvalue weighted by Crippen LogP contribution is 2.38. The molecule has 33 heavy (non-hydrogen) atoms. The van der Waals surface area contributed by atoms with E-state index in [9.17, 15) is 4.79 Å². The monoisotopic (exact) mass is 582 g/mol. The van der Waals surface area contributed by atoms with Crippen molar-refractivity contribution in [1.29, 1.82) is 0 Å². The number of hydrogen-bond acceptors (Lipinski definition) is 5. The summed E-state index contributed by atoms with van der Waals surface area (Å²) in [6.45, 7) is 35.5. The molecule has 1 unspecified atom stereocenters. The van der Waals surface area contributed by atoms with Crippen LogP contribution in [-0.2, 0) is 21.9 Å². The molecule has 12 heteroatoms. The Morgan fingerprint density at radius 3 is 1.21 bits per heavy atom. The topological polar surface area (TPSA) is 54.0 Å². The molecule has 0 amide bonds. The van der Waals surface area contributed by atoms with E-state index < -0.39 is 49.9 Å². The third-order valence-corrected chi connectivity index (χ3v) is 28.0.